The van der Waals surface area contributed by atoms with Crippen LogP contribution in [0.25, 0.3) is 0 Å². The summed E-state index contributed by atoms with van der Waals surface area (Å²) in [5, 5.41) is 19.3. The molecule has 0 aliphatic carbocycles. The van der Waals surface area contributed by atoms with Crippen LogP contribution in [0.3, 0.4) is 0 Å². The first kappa shape index (κ1) is 25.3. The van der Waals surface area contributed by atoms with Crippen molar-refractivity contribution < 1.29 is 14.3 Å². The van der Waals surface area contributed by atoms with Crippen molar-refractivity contribution in [2.24, 2.45) is 0 Å². The van der Waals surface area contributed by atoms with Gasteiger partial charge in [0.05, 0.1) is 43.3 Å². The smallest absolute Gasteiger partial charge is 0.255 e. The molecule has 37 heavy (non-hydrogen) atoms. The van der Waals surface area contributed by atoms with Gasteiger partial charge in [0.1, 0.15) is 6.07 Å². The molecule has 10 heteroatoms. The number of aromatic nitrogens is 4. The molecule has 0 radical (unpaired) electrons. The quantitative estimate of drug-likeness (QED) is 0.343. The zero-order chi connectivity index (χ0) is 26.2. The molecule has 1 aromatic carbocycles. The van der Waals surface area contributed by atoms with E-state index in [2.05, 4.69) is 26.6 Å². The van der Waals surface area contributed by atoms with Crippen molar-refractivity contribution in [3.05, 3.63) is 111 Å². The van der Waals surface area contributed by atoms with Crippen molar-refractivity contribution in [2.75, 3.05) is 20.8 Å². The van der Waals surface area contributed by atoms with Crippen LogP contribution in [0.2, 0.25) is 0 Å². The van der Waals surface area contributed by atoms with Crippen molar-refractivity contribution in [3.8, 4) is 11.9 Å². The summed E-state index contributed by atoms with van der Waals surface area (Å²) >= 11 is 0. The first-order valence-electron chi connectivity index (χ1n) is 11.5. The minimum absolute atomic E-state index is 0.0657. The summed E-state index contributed by atoms with van der Waals surface area (Å²) in [4.78, 5) is 29.2. The van der Waals surface area contributed by atoms with Crippen LogP contribution in [0.15, 0.2) is 71.9 Å². The third-order valence-electron chi connectivity index (χ3n) is 5.96. The summed E-state index contributed by atoms with van der Waals surface area (Å²) < 4.78 is 12.2. The fourth-order valence-corrected chi connectivity index (χ4v) is 4.00. The number of methoxy groups -OCH3 is 2. The second kappa shape index (κ2) is 11.8. The molecule has 3 aromatic heterocycles. The van der Waals surface area contributed by atoms with Gasteiger partial charge in [0, 0.05) is 44.1 Å². The molecule has 2 N–H and O–H groups in total. The van der Waals surface area contributed by atoms with E-state index in [0.717, 1.165) is 11.1 Å². The summed E-state index contributed by atoms with van der Waals surface area (Å²) in [5.74, 6) is -0.268. The number of ether oxygens (including phenoxy) is 2. The monoisotopic (exact) mass is 498 g/mol. The van der Waals surface area contributed by atoms with E-state index in [0.29, 0.717) is 41.4 Å². The number of H-pyrrole nitrogens is 1. The molecule has 3 heterocycles. The lowest BCUT2D eigenvalue weighted by molar-refractivity contribution is 0.0949. The van der Waals surface area contributed by atoms with E-state index >= 15 is 0 Å². The molecule has 4 aromatic rings. The van der Waals surface area contributed by atoms with Crippen LogP contribution in [0.4, 0.5) is 0 Å². The standard InChI is InChI=1S/C27H26N6O4/c1-36-17-23(19-8-6-18(7-9-19)16-33-10-4-3-5-25(33)34)26-22(15-31-32-26)27(35)30-13-20-11-24(37-2)29-14-21(20)12-28/h3-11,14-15,23H,13,16-17H2,1-2H3,(H,30,35)(H,31,32). The van der Waals surface area contributed by atoms with Gasteiger partial charge in [-0.25, -0.2) is 4.98 Å². The lowest BCUT2D eigenvalue weighted by atomic mass is 9.93. The highest BCUT2D eigenvalue weighted by atomic mass is 16.5. The van der Waals surface area contributed by atoms with E-state index < -0.39 is 0 Å². The Morgan fingerprint density at radius 1 is 1.19 bits per heavy atom. The van der Waals surface area contributed by atoms with E-state index in [1.807, 2.05) is 30.3 Å². The second-order valence-electron chi connectivity index (χ2n) is 8.29. The van der Waals surface area contributed by atoms with Crippen molar-refractivity contribution in [1.29, 1.82) is 5.26 Å². The molecular formula is C27H26N6O4. The number of benzene rings is 1. The molecule has 1 unspecified atom stereocenters. The van der Waals surface area contributed by atoms with Gasteiger partial charge in [0.25, 0.3) is 11.5 Å². The largest absolute Gasteiger partial charge is 0.481 e. The number of hydrogen-bond acceptors (Lipinski definition) is 7. The minimum Gasteiger partial charge on any atom is -0.481 e. The zero-order valence-corrected chi connectivity index (χ0v) is 20.5. The van der Waals surface area contributed by atoms with Gasteiger partial charge in [-0.3, -0.25) is 14.7 Å². The fourth-order valence-electron chi connectivity index (χ4n) is 4.00. The van der Waals surface area contributed by atoms with Gasteiger partial charge in [-0.2, -0.15) is 10.4 Å². The van der Waals surface area contributed by atoms with Crippen LogP contribution in [-0.2, 0) is 17.8 Å². The van der Waals surface area contributed by atoms with E-state index in [-0.39, 0.29) is 23.9 Å². The highest BCUT2D eigenvalue weighted by Crippen LogP contribution is 2.27. The molecule has 0 aliphatic rings. The van der Waals surface area contributed by atoms with E-state index in [4.69, 9.17) is 9.47 Å². The van der Waals surface area contributed by atoms with Crippen molar-refractivity contribution in [3.63, 3.8) is 0 Å². The Morgan fingerprint density at radius 2 is 2.00 bits per heavy atom. The van der Waals surface area contributed by atoms with Crippen LogP contribution in [0, 0.1) is 11.3 Å². The number of aromatic amines is 1. The van der Waals surface area contributed by atoms with Crippen molar-refractivity contribution >= 4 is 5.91 Å². The number of carbonyl (C=O) groups excluding carboxylic acids is 1. The Kier molecular flexibility index (Phi) is 8.08. The first-order valence-corrected chi connectivity index (χ1v) is 11.5. The maximum Gasteiger partial charge on any atom is 0.255 e. The summed E-state index contributed by atoms with van der Waals surface area (Å²) in [7, 11) is 3.08. The lowest BCUT2D eigenvalue weighted by Crippen LogP contribution is -2.25. The Balaban J connectivity index is 1.53. The molecule has 0 saturated heterocycles. The summed E-state index contributed by atoms with van der Waals surface area (Å²) in [5.41, 5.74) is 3.76. The summed E-state index contributed by atoms with van der Waals surface area (Å²) in [6.45, 7) is 0.894. The van der Waals surface area contributed by atoms with E-state index in [1.165, 1.54) is 25.6 Å². The summed E-state index contributed by atoms with van der Waals surface area (Å²) in [6, 6.07) is 16.6. The first-order chi connectivity index (χ1) is 18.0. The van der Waals surface area contributed by atoms with E-state index in [1.54, 1.807) is 30.0 Å². The minimum atomic E-state index is -0.343. The molecule has 1 amide bonds. The molecule has 0 saturated carbocycles. The van der Waals surface area contributed by atoms with Crippen molar-refractivity contribution in [1.82, 2.24) is 25.1 Å². The maximum atomic E-state index is 13.1. The van der Waals surface area contributed by atoms with Gasteiger partial charge in [0.2, 0.25) is 5.88 Å². The third-order valence-corrected chi connectivity index (χ3v) is 5.96. The summed E-state index contributed by atoms with van der Waals surface area (Å²) in [6.07, 6.45) is 4.64. The second-order valence-corrected chi connectivity index (χ2v) is 8.29. The Labute approximate surface area is 213 Å². The van der Waals surface area contributed by atoms with Gasteiger partial charge in [-0.1, -0.05) is 30.3 Å². The molecule has 0 bridgehead atoms. The SMILES string of the molecule is COCC(c1ccc(Cn2ccccc2=O)cc1)c1[nH]ncc1C(=O)NCc1cc(OC)ncc1C#N. The van der Waals surface area contributed by atoms with E-state index in [9.17, 15) is 14.9 Å². The third kappa shape index (κ3) is 5.91. The predicted molar refractivity (Wildman–Crippen MR) is 135 cm³/mol. The highest BCUT2D eigenvalue weighted by molar-refractivity contribution is 5.95. The van der Waals surface area contributed by atoms with Crippen LogP contribution in [-0.4, -0.2) is 46.5 Å². The average Bonchev–Trinajstić information content (AvgIpc) is 3.42. The number of carbonyl (C=O) groups is 1. The highest BCUT2D eigenvalue weighted by Gasteiger charge is 2.23. The Bertz CT molecular complexity index is 1470. The predicted octanol–water partition coefficient (Wildman–Crippen LogP) is 2.60. The van der Waals surface area contributed by atoms with Crippen LogP contribution < -0.4 is 15.6 Å². The number of nitrogens with zero attached hydrogens (tertiary/aromatic N) is 4. The fraction of sp³-hybridized carbons (Fsp3) is 0.222. The Hall–Kier alpha value is -4.75. The average molecular weight is 499 g/mol. The molecule has 0 fully saturated rings. The van der Waals surface area contributed by atoms with Crippen LogP contribution in [0.5, 0.6) is 5.88 Å². The Morgan fingerprint density at radius 3 is 2.70 bits per heavy atom. The number of pyridine rings is 2. The number of amides is 1. The molecule has 0 spiro atoms. The molecule has 1 atom stereocenters. The molecule has 4 rings (SSSR count). The van der Waals surface area contributed by atoms with Crippen LogP contribution in [0.1, 0.15) is 44.2 Å². The van der Waals surface area contributed by atoms with Crippen LogP contribution >= 0.6 is 0 Å². The number of nitriles is 1. The lowest BCUT2D eigenvalue weighted by Gasteiger charge is -2.17. The zero-order valence-electron chi connectivity index (χ0n) is 20.5. The molecular weight excluding hydrogens is 472 g/mol. The number of hydrogen-bond donors (Lipinski definition) is 2. The van der Waals surface area contributed by atoms with Gasteiger partial charge in [0.15, 0.2) is 0 Å². The van der Waals surface area contributed by atoms with Gasteiger partial charge < -0.3 is 19.4 Å². The topological polar surface area (TPSA) is 135 Å². The van der Waals surface area contributed by atoms with Crippen molar-refractivity contribution in [2.45, 2.75) is 19.0 Å². The maximum absolute atomic E-state index is 13.1. The van der Waals surface area contributed by atoms with Gasteiger partial charge >= 0.3 is 0 Å². The number of nitrogens with one attached hydrogen (secondary N) is 2. The molecule has 188 valence electrons. The van der Waals surface area contributed by atoms with Gasteiger partial charge in [-0.05, 0) is 22.8 Å². The molecule has 10 nitrogen and oxygen atoms in total. The van der Waals surface area contributed by atoms with Gasteiger partial charge in [-0.15, -0.1) is 0 Å². The molecule has 0 aliphatic heterocycles. The number of rotatable bonds is 10. The normalized spacial score (nSPS) is 11.5.